The molecule has 0 saturated carbocycles. The lowest BCUT2D eigenvalue weighted by atomic mass is 10.2. The van der Waals surface area contributed by atoms with Crippen LogP contribution in [0.1, 0.15) is 11.1 Å². The molecule has 6 nitrogen and oxygen atoms in total. The fourth-order valence-corrected chi connectivity index (χ4v) is 1.55. The van der Waals surface area contributed by atoms with Gasteiger partial charge in [-0.25, -0.2) is 9.59 Å². The fourth-order valence-electron chi connectivity index (χ4n) is 1.55. The zero-order valence-corrected chi connectivity index (χ0v) is 16.3. The van der Waals surface area contributed by atoms with Crippen LogP contribution in [0, 0.1) is 13.8 Å². The Kier molecular flexibility index (Phi) is 11.8. The number of benzene rings is 2. The summed E-state index contributed by atoms with van der Waals surface area (Å²) in [7, 11) is 0. The molecule has 0 heterocycles. The molecule has 0 bridgehead atoms. The van der Waals surface area contributed by atoms with Gasteiger partial charge in [0, 0.05) is 11.4 Å². The van der Waals surface area contributed by atoms with E-state index in [4.69, 9.17) is 46.3 Å². The number of anilines is 2. The number of alkyl halides is 3. The molecule has 0 aliphatic heterocycles. The second-order valence-electron chi connectivity index (χ2n) is 4.74. The van der Waals surface area contributed by atoms with Crippen molar-refractivity contribution in [2.75, 3.05) is 11.5 Å². The standard InChI is InChI=1S/C9H6N2O2.C7H10N2.CHCl3/c1-7-2-3-8(10-5-12)4-9(7)11-6-13;1-5-2-3-6(8)4-7(5)9;2-1(3)4/h2-4H,1H3;2-4H,8-9H2,1H3;1H. The van der Waals surface area contributed by atoms with Crippen LogP contribution in [0.15, 0.2) is 46.4 Å². The largest absolute Gasteiger partial charge is 0.399 e. The van der Waals surface area contributed by atoms with E-state index in [2.05, 4.69) is 9.98 Å². The average molecular weight is 416 g/mol. The summed E-state index contributed by atoms with van der Waals surface area (Å²) < 4.78 is -0.750. The Hall–Kier alpha value is -2.33. The quantitative estimate of drug-likeness (QED) is 0.308. The molecule has 0 radical (unpaired) electrons. The van der Waals surface area contributed by atoms with Gasteiger partial charge in [-0.05, 0) is 49.2 Å². The van der Waals surface area contributed by atoms with Crippen molar-refractivity contribution in [1.82, 2.24) is 0 Å². The number of halogens is 3. The van der Waals surface area contributed by atoms with Gasteiger partial charge in [0.25, 0.3) is 0 Å². The smallest absolute Gasteiger partial charge is 0.240 e. The van der Waals surface area contributed by atoms with Crippen LogP contribution in [0.3, 0.4) is 0 Å². The highest BCUT2D eigenvalue weighted by molar-refractivity contribution is 6.63. The van der Waals surface area contributed by atoms with Crippen molar-refractivity contribution in [3.63, 3.8) is 0 Å². The monoisotopic (exact) mass is 414 g/mol. The van der Waals surface area contributed by atoms with E-state index in [0.717, 1.165) is 22.5 Å². The molecule has 9 heteroatoms. The normalized spacial score (nSPS) is 8.85. The lowest BCUT2D eigenvalue weighted by molar-refractivity contribution is 0.565. The molecule has 2 rings (SSSR count). The van der Waals surface area contributed by atoms with E-state index < -0.39 is 4.30 Å². The number of aryl methyl sites for hydroxylation is 2. The molecule has 26 heavy (non-hydrogen) atoms. The molecule has 138 valence electrons. The summed E-state index contributed by atoms with van der Waals surface area (Å²) in [5, 5.41) is 0. The minimum absolute atomic E-state index is 0.426. The number of hydrogen-bond donors (Lipinski definition) is 2. The van der Waals surface area contributed by atoms with E-state index in [-0.39, 0.29) is 0 Å². The van der Waals surface area contributed by atoms with E-state index in [9.17, 15) is 9.59 Å². The summed E-state index contributed by atoms with van der Waals surface area (Å²) in [5.74, 6) is 0. The van der Waals surface area contributed by atoms with E-state index >= 15 is 0 Å². The van der Waals surface area contributed by atoms with Crippen LogP contribution in [-0.4, -0.2) is 16.5 Å². The van der Waals surface area contributed by atoms with E-state index in [1.807, 2.05) is 19.1 Å². The zero-order valence-electron chi connectivity index (χ0n) is 14.0. The maximum absolute atomic E-state index is 10.00. The number of carbonyl (C=O) groups excluding carboxylic acids is 2. The van der Waals surface area contributed by atoms with Crippen LogP contribution >= 0.6 is 34.8 Å². The topological polar surface area (TPSA) is 111 Å². The molecule has 0 amide bonds. The van der Waals surface area contributed by atoms with Crippen molar-refractivity contribution in [2.24, 2.45) is 9.98 Å². The Labute approximate surface area is 166 Å². The first kappa shape index (κ1) is 23.7. The summed E-state index contributed by atoms with van der Waals surface area (Å²) in [4.78, 5) is 26.8. The van der Waals surface area contributed by atoms with Crippen LogP contribution in [0.25, 0.3) is 0 Å². The highest BCUT2D eigenvalue weighted by atomic mass is 35.6. The molecule has 0 spiro atoms. The van der Waals surface area contributed by atoms with E-state index in [1.165, 1.54) is 18.2 Å². The second kappa shape index (κ2) is 13.0. The summed E-state index contributed by atoms with van der Waals surface area (Å²) in [5.41, 5.74) is 15.3. The third kappa shape index (κ3) is 10.5. The van der Waals surface area contributed by atoms with Crippen molar-refractivity contribution in [1.29, 1.82) is 0 Å². The van der Waals surface area contributed by atoms with Gasteiger partial charge in [-0.15, -0.1) is 0 Å². The first-order chi connectivity index (χ1) is 12.2. The SMILES string of the molecule is Cc1ccc(N)cc1N.Cc1ccc(N=C=O)cc1N=C=O.ClC(Cl)Cl. The van der Waals surface area contributed by atoms with Gasteiger partial charge in [-0.3, -0.25) is 0 Å². The van der Waals surface area contributed by atoms with Gasteiger partial charge in [-0.2, -0.15) is 9.98 Å². The van der Waals surface area contributed by atoms with Gasteiger partial charge < -0.3 is 11.5 Å². The molecule has 0 saturated heterocycles. The van der Waals surface area contributed by atoms with Gasteiger partial charge in [0.05, 0.1) is 11.4 Å². The van der Waals surface area contributed by atoms with E-state index in [0.29, 0.717) is 11.4 Å². The Bertz CT molecular complexity index is 813. The fraction of sp³-hybridized carbons (Fsp3) is 0.176. The molecule has 4 N–H and O–H groups in total. The van der Waals surface area contributed by atoms with Crippen molar-refractivity contribution in [3.05, 3.63) is 47.5 Å². The predicted octanol–water partition coefficient (Wildman–Crippen LogP) is 5.08. The van der Waals surface area contributed by atoms with Gasteiger partial charge in [0.2, 0.25) is 12.2 Å². The van der Waals surface area contributed by atoms with Crippen molar-refractivity contribution in [3.8, 4) is 0 Å². The van der Waals surface area contributed by atoms with E-state index in [1.54, 1.807) is 25.1 Å². The highest BCUT2D eigenvalue weighted by Crippen LogP contribution is 2.23. The predicted molar refractivity (Wildman–Crippen MR) is 108 cm³/mol. The maximum Gasteiger partial charge on any atom is 0.240 e. The second-order valence-corrected chi connectivity index (χ2v) is 6.72. The number of rotatable bonds is 2. The van der Waals surface area contributed by atoms with Crippen LogP contribution in [-0.2, 0) is 9.59 Å². The lowest BCUT2D eigenvalue weighted by Crippen LogP contribution is -1.91. The number of hydrogen-bond acceptors (Lipinski definition) is 6. The molecule has 0 fully saturated rings. The lowest BCUT2D eigenvalue weighted by Gasteiger charge is -1.98. The molecule has 2 aromatic rings. The van der Waals surface area contributed by atoms with Crippen molar-refractivity contribution in [2.45, 2.75) is 18.1 Å². The first-order valence-electron chi connectivity index (χ1n) is 7.01. The molecule has 0 aliphatic carbocycles. The van der Waals surface area contributed by atoms with Crippen molar-refractivity contribution >= 4 is 69.7 Å². The molecule has 0 atom stereocenters. The molecule has 2 aromatic carbocycles. The Morgan fingerprint density at radius 2 is 1.42 bits per heavy atom. The van der Waals surface area contributed by atoms with Gasteiger partial charge >= 0.3 is 0 Å². The summed E-state index contributed by atoms with van der Waals surface area (Å²) in [6, 6.07) is 10.4. The number of nitrogens with zero attached hydrogens (tertiary/aromatic N) is 2. The number of nitrogens with two attached hydrogens (primary N) is 2. The highest BCUT2D eigenvalue weighted by Gasteiger charge is 1.97. The maximum atomic E-state index is 10.00. The molecular formula is C17H17Cl3N4O2. The van der Waals surface area contributed by atoms with Gasteiger partial charge in [0.1, 0.15) is 0 Å². The minimum atomic E-state index is -0.750. The van der Waals surface area contributed by atoms with Gasteiger partial charge in [-0.1, -0.05) is 46.9 Å². The number of isocyanates is 2. The summed E-state index contributed by atoms with van der Waals surface area (Å²) >= 11 is 14.4. The van der Waals surface area contributed by atoms with Crippen molar-refractivity contribution < 1.29 is 9.59 Å². The van der Waals surface area contributed by atoms with Crippen LogP contribution in [0.2, 0.25) is 0 Å². The third-order valence-corrected chi connectivity index (χ3v) is 2.84. The molecule has 0 unspecified atom stereocenters. The Morgan fingerprint density at radius 3 is 1.88 bits per heavy atom. The van der Waals surface area contributed by atoms with Gasteiger partial charge in [0.15, 0.2) is 4.30 Å². The molecule has 0 aromatic heterocycles. The van der Waals surface area contributed by atoms with Crippen LogP contribution < -0.4 is 11.5 Å². The number of aliphatic imine (C=N–C) groups is 2. The molecule has 0 aliphatic rings. The molecular weight excluding hydrogens is 399 g/mol. The van der Waals surface area contributed by atoms with Crippen LogP contribution in [0.4, 0.5) is 22.7 Å². The first-order valence-corrected chi connectivity index (χ1v) is 8.32. The Balaban J connectivity index is 0.000000416. The minimum Gasteiger partial charge on any atom is -0.399 e. The third-order valence-electron chi connectivity index (χ3n) is 2.84. The average Bonchev–Trinajstić information content (AvgIpc) is 2.55. The summed E-state index contributed by atoms with van der Waals surface area (Å²) in [6.07, 6.45) is 2.84. The number of nitrogen functional groups attached to an aromatic ring is 2. The zero-order chi connectivity index (χ0) is 20.1. The summed E-state index contributed by atoms with van der Waals surface area (Å²) in [6.45, 7) is 3.75. The van der Waals surface area contributed by atoms with Crippen LogP contribution in [0.5, 0.6) is 0 Å². The Morgan fingerprint density at radius 1 is 0.885 bits per heavy atom.